The zero-order chi connectivity index (χ0) is 12.5. The first-order chi connectivity index (χ1) is 8.24. The van der Waals surface area contributed by atoms with Crippen LogP contribution in [0.3, 0.4) is 0 Å². The Morgan fingerprint density at radius 2 is 1.82 bits per heavy atom. The van der Waals surface area contributed by atoms with E-state index in [0.29, 0.717) is 12.1 Å². The highest BCUT2D eigenvalue weighted by Crippen LogP contribution is 2.13. The number of pyridine rings is 1. The van der Waals surface area contributed by atoms with Crippen LogP contribution in [-0.2, 0) is 0 Å². The summed E-state index contributed by atoms with van der Waals surface area (Å²) in [4.78, 5) is 4.05. The monoisotopic (exact) mass is 234 g/mol. The molecule has 1 rings (SSSR count). The fraction of sp³-hybridized carbons (Fsp3) is 0.667. The first-order valence-electron chi connectivity index (χ1n) is 6.90. The highest BCUT2D eigenvalue weighted by atomic mass is 14.9. The molecule has 0 saturated carbocycles. The molecule has 0 spiro atoms. The molecule has 17 heavy (non-hydrogen) atoms. The molecular formula is C15H26N2. The lowest BCUT2D eigenvalue weighted by molar-refractivity contribution is 0.437. The molecule has 1 aromatic rings. The molecule has 1 heterocycles. The van der Waals surface area contributed by atoms with Crippen LogP contribution in [0.1, 0.15) is 64.5 Å². The molecule has 2 nitrogen and oxygen atoms in total. The molecule has 96 valence electrons. The van der Waals surface area contributed by atoms with Gasteiger partial charge in [-0.2, -0.15) is 0 Å². The van der Waals surface area contributed by atoms with E-state index in [-0.39, 0.29) is 0 Å². The lowest BCUT2D eigenvalue weighted by atomic mass is 10.1. The zero-order valence-electron chi connectivity index (χ0n) is 11.4. The van der Waals surface area contributed by atoms with Crippen molar-refractivity contribution in [3.63, 3.8) is 0 Å². The van der Waals surface area contributed by atoms with Gasteiger partial charge in [0.15, 0.2) is 0 Å². The highest BCUT2D eigenvalue weighted by Gasteiger charge is 2.08. The van der Waals surface area contributed by atoms with Crippen molar-refractivity contribution in [2.24, 2.45) is 0 Å². The van der Waals surface area contributed by atoms with Crippen molar-refractivity contribution in [1.82, 2.24) is 10.3 Å². The third-order valence-corrected chi connectivity index (χ3v) is 3.23. The summed E-state index contributed by atoms with van der Waals surface area (Å²) < 4.78 is 0. The van der Waals surface area contributed by atoms with Crippen molar-refractivity contribution < 1.29 is 0 Å². The normalized spacial score (nSPS) is 14.5. The largest absolute Gasteiger partial charge is 0.308 e. The molecule has 1 aromatic heterocycles. The van der Waals surface area contributed by atoms with Crippen LogP contribution >= 0.6 is 0 Å². The van der Waals surface area contributed by atoms with Gasteiger partial charge in [0.1, 0.15) is 0 Å². The van der Waals surface area contributed by atoms with Gasteiger partial charge in [-0.3, -0.25) is 4.98 Å². The van der Waals surface area contributed by atoms with E-state index >= 15 is 0 Å². The summed E-state index contributed by atoms with van der Waals surface area (Å²) in [6.07, 6.45) is 10.4. The molecule has 0 bridgehead atoms. The average Bonchev–Trinajstić information content (AvgIpc) is 2.36. The molecule has 0 fully saturated rings. The fourth-order valence-corrected chi connectivity index (χ4v) is 2.14. The Morgan fingerprint density at radius 1 is 1.12 bits per heavy atom. The summed E-state index contributed by atoms with van der Waals surface area (Å²) in [5, 5.41) is 3.65. The van der Waals surface area contributed by atoms with Crippen LogP contribution in [0, 0.1) is 0 Å². The van der Waals surface area contributed by atoms with E-state index in [0.717, 1.165) is 0 Å². The van der Waals surface area contributed by atoms with Gasteiger partial charge in [-0.15, -0.1) is 0 Å². The molecular weight excluding hydrogens is 208 g/mol. The minimum absolute atomic E-state index is 0.416. The number of hydrogen-bond acceptors (Lipinski definition) is 2. The van der Waals surface area contributed by atoms with E-state index in [1.165, 1.54) is 37.7 Å². The first kappa shape index (κ1) is 14.2. The van der Waals surface area contributed by atoms with Crippen molar-refractivity contribution in [2.75, 3.05) is 0 Å². The molecule has 0 aromatic carbocycles. The molecule has 0 aliphatic carbocycles. The third kappa shape index (κ3) is 5.83. The molecule has 0 saturated heterocycles. The van der Waals surface area contributed by atoms with Crippen LogP contribution < -0.4 is 5.32 Å². The van der Waals surface area contributed by atoms with Crippen molar-refractivity contribution in [3.8, 4) is 0 Å². The smallest absolute Gasteiger partial charge is 0.0295 e. The fourth-order valence-electron chi connectivity index (χ4n) is 2.14. The molecule has 0 aliphatic rings. The maximum atomic E-state index is 4.05. The van der Waals surface area contributed by atoms with Gasteiger partial charge in [0.2, 0.25) is 0 Å². The minimum atomic E-state index is 0.416. The lowest BCUT2D eigenvalue weighted by Crippen LogP contribution is -2.28. The van der Waals surface area contributed by atoms with E-state index in [2.05, 4.69) is 43.2 Å². The van der Waals surface area contributed by atoms with E-state index in [9.17, 15) is 0 Å². The van der Waals surface area contributed by atoms with Gasteiger partial charge in [-0.1, -0.05) is 32.6 Å². The second-order valence-corrected chi connectivity index (χ2v) is 4.92. The number of hydrogen-bond donors (Lipinski definition) is 1. The Kier molecular flexibility index (Phi) is 6.87. The van der Waals surface area contributed by atoms with Gasteiger partial charge in [0.25, 0.3) is 0 Å². The quantitative estimate of drug-likeness (QED) is 0.685. The van der Waals surface area contributed by atoms with Crippen molar-refractivity contribution in [2.45, 2.75) is 65.0 Å². The summed E-state index contributed by atoms with van der Waals surface area (Å²) in [6.45, 7) is 6.76. The minimum Gasteiger partial charge on any atom is -0.308 e. The summed E-state index contributed by atoms with van der Waals surface area (Å²) >= 11 is 0. The second kappa shape index (κ2) is 8.24. The molecule has 0 amide bonds. The van der Waals surface area contributed by atoms with Gasteiger partial charge in [0, 0.05) is 24.5 Å². The van der Waals surface area contributed by atoms with Crippen LogP contribution in [-0.4, -0.2) is 11.0 Å². The Balaban J connectivity index is 2.24. The SMILES string of the molecule is CCCCCCC(C)NC(C)c1ccncc1. The van der Waals surface area contributed by atoms with Crippen molar-refractivity contribution >= 4 is 0 Å². The Labute approximate surface area is 106 Å². The summed E-state index contributed by atoms with van der Waals surface area (Å²) in [5.41, 5.74) is 1.32. The van der Waals surface area contributed by atoms with Crippen LogP contribution in [0.25, 0.3) is 0 Å². The molecule has 2 unspecified atom stereocenters. The summed E-state index contributed by atoms with van der Waals surface area (Å²) in [7, 11) is 0. The topological polar surface area (TPSA) is 24.9 Å². The standard InChI is InChI=1S/C15H26N2/c1-4-5-6-7-8-13(2)17-14(3)15-9-11-16-12-10-15/h9-14,17H,4-8H2,1-3H3. The molecule has 0 aliphatic heterocycles. The molecule has 2 heteroatoms. The molecule has 1 N–H and O–H groups in total. The summed E-state index contributed by atoms with van der Waals surface area (Å²) in [6, 6.07) is 5.18. The number of rotatable bonds is 8. The average molecular weight is 234 g/mol. The first-order valence-corrected chi connectivity index (χ1v) is 6.90. The highest BCUT2D eigenvalue weighted by molar-refractivity contribution is 5.14. The number of nitrogens with one attached hydrogen (secondary N) is 1. The maximum Gasteiger partial charge on any atom is 0.0295 e. The van der Waals surface area contributed by atoms with E-state index in [1.54, 1.807) is 0 Å². The van der Waals surface area contributed by atoms with Crippen LogP contribution in [0.2, 0.25) is 0 Å². The van der Waals surface area contributed by atoms with Crippen LogP contribution in [0.15, 0.2) is 24.5 Å². The van der Waals surface area contributed by atoms with E-state index in [4.69, 9.17) is 0 Å². The third-order valence-electron chi connectivity index (χ3n) is 3.23. The Bertz CT molecular complexity index is 284. The second-order valence-electron chi connectivity index (χ2n) is 4.92. The molecule has 0 radical (unpaired) electrons. The van der Waals surface area contributed by atoms with Gasteiger partial charge in [-0.25, -0.2) is 0 Å². The zero-order valence-corrected chi connectivity index (χ0v) is 11.4. The van der Waals surface area contributed by atoms with Gasteiger partial charge in [-0.05, 0) is 38.0 Å². The predicted molar refractivity (Wildman–Crippen MR) is 74.0 cm³/mol. The van der Waals surface area contributed by atoms with Crippen molar-refractivity contribution in [3.05, 3.63) is 30.1 Å². The number of unbranched alkanes of at least 4 members (excludes halogenated alkanes) is 3. The number of aromatic nitrogens is 1. The molecule has 2 atom stereocenters. The predicted octanol–water partition coefficient (Wildman–Crippen LogP) is 4.09. The number of nitrogens with zero attached hydrogens (tertiary/aromatic N) is 1. The van der Waals surface area contributed by atoms with Gasteiger partial charge >= 0.3 is 0 Å². The Hall–Kier alpha value is -0.890. The Morgan fingerprint density at radius 3 is 2.47 bits per heavy atom. The van der Waals surface area contributed by atoms with Gasteiger partial charge < -0.3 is 5.32 Å². The summed E-state index contributed by atoms with van der Waals surface area (Å²) in [5.74, 6) is 0. The maximum absolute atomic E-state index is 4.05. The van der Waals surface area contributed by atoms with E-state index < -0.39 is 0 Å². The lowest BCUT2D eigenvalue weighted by Gasteiger charge is -2.20. The van der Waals surface area contributed by atoms with Crippen LogP contribution in [0.4, 0.5) is 0 Å². The van der Waals surface area contributed by atoms with Crippen LogP contribution in [0.5, 0.6) is 0 Å². The van der Waals surface area contributed by atoms with Gasteiger partial charge in [0.05, 0.1) is 0 Å². The van der Waals surface area contributed by atoms with Crippen molar-refractivity contribution in [1.29, 1.82) is 0 Å². The van der Waals surface area contributed by atoms with E-state index in [1.807, 2.05) is 12.4 Å².